The summed E-state index contributed by atoms with van der Waals surface area (Å²) in [5.74, 6) is 0. The quantitative estimate of drug-likeness (QED) is 0.789. The Balaban J connectivity index is 2.28. The van der Waals surface area contributed by atoms with Crippen LogP contribution in [-0.4, -0.2) is 0 Å². The fourth-order valence-corrected chi connectivity index (χ4v) is 2.85. The van der Waals surface area contributed by atoms with E-state index < -0.39 is 0 Å². The Hall–Kier alpha value is -1.02. The first-order valence-corrected chi connectivity index (χ1v) is 7.83. The van der Waals surface area contributed by atoms with Gasteiger partial charge in [0.15, 0.2) is 0 Å². The van der Waals surface area contributed by atoms with Crippen LogP contribution in [0.4, 0.5) is 0 Å². The molecule has 112 valence electrons. The van der Waals surface area contributed by atoms with Crippen molar-refractivity contribution in [1.82, 2.24) is 0 Å². The average molecular weight is 322 g/mol. The third kappa shape index (κ3) is 4.00. The predicted molar refractivity (Wildman–Crippen MR) is 92.2 cm³/mol. The van der Waals surface area contributed by atoms with Gasteiger partial charge in [0.1, 0.15) is 0 Å². The molecule has 2 aromatic carbocycles. The van der Waals surface area contributed by atoms with Crippen LogP contribution in [0.25, 0.3) is 0 Å². The Labute approximate surface area is 137 Å². The first-order valence-electron chi connectivity index (χ1n) is 7.08. The molecule has 2 aromatic rings. The Bertz CT molecular complexity index is 629. The summed E-state index contributed by atoms with van der Waals surface area (Å²) >= 11 is 12.0. The Kier molecular flexibility index (Phi) is 4.98. The zero-order chi connectivity index (χ0) is 15.6. The molecule has 0 aliphatic carbocycles. The zero-order valence-electron chi connectivity index (χ0n) is 12.7. The molecule has 0 saturated carbocycles. The van der Waals surface area contributed by atoms with Gasteiger partial charge in [0, 0.05) is 6.04 Å². The van der Waals surface area contributed by atoms with Crippen molar-refractivity contribution in [1.29, 1.82) is 0 Å². The fraction of sp³-hybridized carbons (Fsp3) is 0.333. The second-order valence-electron chi connectivity index (χ2n) is 6.40. The SMILES string of the molecule is CC(C)(C)c1ccccc1C(N)Cc1ccc(Cl)c(Cl)c1. The zero-order valence-corrected chi connectivity index (χ0v) is 14.2. The maximum Gasteiger partial charge on any atom is 0.0595 e. The lowest BCUT2D eigenvalue weighted by Crippen LogP contribution is -2.21. The monoisotopic (exact) mass is 321 g/mol. The van der Waals surface area contributed by atoms with Crippen molar-refractivity contribution in [3.63, 3.8) is 0 Å². The minimum absolute atomic E-state index is 0.0577. The van der Waals surface area contributed by atoms with Crippen LogP contribution in [0, 0.1) is 0 Å². The summed E-state index contributed by atoms with van der Waals surface area (Å²) in [6.45, 7) is 6.62. The molecule has 0 spiro atoms. The number of benzene rings is 2. The smallest absolute Gasteiger partial charge is 0.0595 e. The van der Waals surface area contributed by atoms with Gasteiger partial charge in [-0.2, -0.15) is 0 Å². The third-order valence-corrected chi connectivity index (χ3v) is 4.35. The molecule has 21 heavy (non-hydrogen) atoms. The van der Waals surface area contributed by atoms with Gasteiger partial charge in [-0.3, -0.25) is 0 Å². The van der Waals surface area contributed by atoms with Gasteiger partial charge in [-0.25, -0.2) is 0 Å². The molecule has 3 heteroatoms. The molecule has 0 saturated heterocycles. The summed E-state index contributed by atoms with van der Waals surface area (Å²) in [6, 6.07) is 14.0. The van der Waals surface area contributed by atoms with Crippen LogP contribution in [-0.2, 0) is 11.8 Å². The number of nitrogens with two attached hydrogens (primary N) is 1. The molecule has 0 heterocycles. The highest BCUT2D eigenvalue weighted by Gasteiger charge is 2.20. The lowest BCUT2D eigenvalue weighted by Gasteiger charge is -2.26. The van der Waals surface area contributed by atoms with Crippen LogP contribution in [0.2, 0.25) is 10.0 Å². The van der Waals surface area contributed by atoms with E-state index in [1.807, 2.05) is 24.3 Å². The van der Waals surface area contributed by atoms with Crippen molar-refractivity contribution in [2.24, 2.45) is 5.73 Å². The molecule has 1 atom stereocenters. The van der Waals surface area contributed by atoms with E-state index in [1.165, 1.54) is 11.1 Å². The number of halogens is 2. The Morgan fingerprint density at radius 3 is 2.29 bits per heavy atom. The van der Waals surface area contributed by atoms with Crippen LogP contribution in [0.15, 0.2) is 42.5 Å². The van der Waals surface area contributed by atoms with E-state index in [9.17, 15) is 0 Å². The highest BCUT2D eigenvalue weighted by Crippen LogP contribution is 2.31. The van der Waals surface area contributed by atoms with Gasteiger partial charge in [0.05, 0.1) is 10.0 Å². The van der Waals surface area contributed by atoms with Crippen LogP contribution in [0.3, 0.4) is 0 Å². The second kappa shape index (κ2) is 6.39. The summed E-state index contributed by atoms with van der Waals surface area (Å²) in [4.78, 5) is 0. The molecule has 0 aliphatic rings. The van der Waals surface area contributed by atoms with E-state index in [4.69, 9.17) is 28.9 Å². The van der Waals surface area contributed by atoms with Crippen molar-refractivity contribution in [3.05, 3.63) is 69.2 Å². The minimum atomic E-state index is -0.0577. The normalized spacial score (nSPS) is 13.2. The lowest BCUT2D eigenvalue weighted by molar-refractivity contribution is 0.568. The summed E-state index contributed by atoms with van der Waals surface area (Å²) in [6.07, 6.45) is 0.740. The first-order chi connectivity index (χ1) is 9.79. The maximum absolute atomic E-state index is 6.44. The van der Waals surface area contributed by atoms with E-state index in [0.717, 1.165) is 12.0 Å². The van der Waals surface area contributed by atoms with Crippen LogP contribution >= 0.6 is 23.2 Å². The largest absolute Gasteiger partial charge is 0.324 e. The first kappa shape index (κ1) is 16.4. The predicted octanol–water partition coefficient (Wildman–Crippen LogP) is 5.53. The van der Waals surface area contributed by atoms with Crippen molar-refractivity contribution in [3.8, 4) is 0 Å². The summed E-state index contributed by atoms with van der Waals surface area (Å²) in [7, 11) is 0. The summed E-state index contributed by atoms with van der Waals surface area (Å²) in [5, 5.41) is 1.15. The van der Waals surface area contributed by atoms with Gasteiger partial charge in [0.2, 0.25) is 0 Å². The summed E-state index contributed by atoms with van der Waals surface area (Å²) < 4.78 is 0. The molecule has 0 bridgehead atoms. The molecule has 1 nitrogen and oxygen atoms in total. The fourth-order valence-electron chi connectivity index (χ4n) is 2.53. The number of rotatable bonds is 3. The third-order valence-electron chi connectivity index (χ3n) is 3.61. The Morgan fingerprint density at radius 1 is 1.00 bits per heavy atom. The van der Waals surface area contributed by atoms with Crippen molar-refractivity contribution >= 4 is 23.2 Å². The van der Waals surface area contributed by atoms with E-state index in [2.05, 4.69) is 39.0 Å². The van der Waals surface area contributed by atoms with Gasteiger partial charge in [0.25, 0.3) is 0 Å². The van der Waals surface area contributed by atoms with Gasteiger partial charge in [-0.15, -0.1) is 0 Å². The highest BCUT2D eigenvalue weighted by molar-refractivity contribution is 6.42. The van der Waals surface area contributed by atoms with Crippen LogP contribution in [0.1, 0.15) is 43.5 Å². The maximum atomic E-state index is 6.44. The molecule has 0 aromatic heterocycles. The number of hydrogen-bond donors (Lipinski definition) is 1. The van der Waals surface area contributed by atoms with E-state index in [0.29, 0.717) is 10.0 Å². The van der Waals surface area contributed by atoms with Crippen molar-refractivity contribution in [2.75, 3.05) is 0 Å². The Morgan fingerprint density at radius 2 is 1.67 bits per heavy atom. The molecule has 2 N–H and O–H groups in total. The standard InChI is InChI=1S/C18H21Cl2N/c1-18(2,3)14-7-5-4-6-13(14)17(21)11-12-8-9-15(19)16(20)10-12/h4-10,17H,11,21H2,1-3H3. The van der Waals surface area contributed by atoms with Crippen molar-refractivity contribution in [2.45, 2.75) is 38.6 Å². The van der Waals surface area contributed by atoms with Crippen LogP contribution in [0.5, 0.6) is 0 Å². The number of hydrogen-bond acceptors (Lipinski definition) is 1. The van der Waals surface area contributed by atoms with Gasteiger partial charge < -0.3 is 5.73 Å². The molecule has 0 radical (unpaired) electrons. The minimum Gasteiger partial charge on any atom is -0.324 e. The summed E-state index contributed by atoms with van der Waals surface area (Å²) in [5.41, 5.74) is 10.1. The molecule has 2 rings (SSSR count). The van der Waals surface area contributed by atoms with E-state index >= 15 is 0 Å². The van der Waals surface area contributed by atoms with Crippen LogP contribution < -0.4 is 5.73 Å². The van der Waals surface area contributed by atoms with Gasteiger partial charge in [-0.05, 0) is 40.7 Å². The molecule has 1 unspecified atom stereocenters. The molecule has 0 amide bonds. The van der Waals surface area contributed by atoms with Crippen molar-refractivity contribution < 1.29 is 0 Å². The second-order valence-corrected chi connectivity index (χ2v) is 7.21. The van der Waals surface area contributed by atoms with Gasteiger partial charge >= 0.3 is 0 Å². The molecular formula is C18H21Cl2N. The molecule has 0 fully saturated rings. The van der Waals surface area contributed by atoms with E-state index in [1.54, 1.807) is 0 Å². The highest BCUT2D eigenvalue weighted by atomic mass is 35.5. The average Bonchev–Trinajstić information content (AvgIpc) is 2.42. The van der Waals surface area contributed by atoms with Gasteiger partial charge in [-0.1, -0.05) is 74.3 Å². The molecule has 0 aliphatic heterocycles. The van der Waals surface area contributed by atoms with E-state index in [-0.39, 0.29) is 11.5 Å². The lowest BCUT2D eigenvalue weighted by atomic mass is 9.81. The topological polar surface area (TPSA) is 26.0 Å². The molecular weight excluding hydrogens is 301 g/mol.